The second-order valence-corrected chi connectivity index (χ2v) is 9.93. The summed E-state index contributed by atoms with van der Waals surface area (Å²) in [5.41, 5.74) is -0.759. The van der Waals surface area contributed by atoms with Crippen molar-refractivity contribution in [3.05, 3.63) is 42.5 Å². The number of ether oxygens (including phenoxy) is 2. The zero-order valence-corrected chi connectivity index (χ0v) is 19.6. The third kappa shape index (κ3) is 6.37. The van der Waals surface area contributed by atoms with Crippen LogP contribution in [-0.4, -0.2) is 65.1 Å². The molecule has 6 heteroatoms. The second-order valence-electron chi connectivity index (χ2n) is 9.93. The fourth-order valence-corrected chi connectivity index (χ4v) is 5.77. The van der Waals surface area contributed by atoms with Gasteiger partial charge in [-0.05, 0) is 63.0 Å². The van der Waals surface area contributed by atoms with E-state index in [1.165, 1.54) is 6.42 Å². The highest BCUT2D eigenvalue weighted by molar-refractivity contribution is 5.76. The monoisotopic (exact) mass is 457 g/mol. The zero-order chi connectivity index (χ0) is 23.1. The molecule has 2 N–H and O–H groups in total. The summed E-state index contributed by atoms with van der Waals surface area (Å²) in [7, 11) is 0. The SMILES string of the molecule is O=C(CCCOC1C[C@H]2CC[C@H](C=CC(O)COc3ccccc3)[C@]2(O)C1)N1CCCCC1. The Balaban J connectivity index is 1.17. The lowest BCUT2D eigenvalue weighted by atomic mass is 9.86. The van der Waals surface area contributed by atoms with Crippen LogP contribution in [0.3, 0.4) is 0 Å². The molecule has 1 aliphatic heterocycles. The van der Waals surface area contributed by atoms with E-state index in [0.29, 0.717) is 19.4 Å². The number of carbonyl (C=O) groups excluding carboxylic acids is 1. The molecule has 2 unspecified atom stereocenters. The van der Waals surface area contributed by atoms with Crippen LogP contribution in [-0.2, 0) is 9.53 Å². The second kappa shape index (κ2) is 11.5. The van der Waals surface area contributed by atoms with Gasteiger partial charge in [-0.25, -0.2) is 0 Å². The van der Waals surface area contributed by atoms with Crippen LogP contribution in [0.2, 0.25) is 0 Å². The molecule has 0 spiro atoms. The van der Waals surface area contributed by atoms with Gasteiger partial charge in [0.25, 0.3) is 0 Å². The van der Waals surface area contributed by atoms with E-state index in [-0.39, 0.29) is 30.5 Å². The molecule has 1 amide bonds. The summed E-state index contributed by atoms with van der Waals surface area (Å²) in [6, 6.07) is 9.45. The van der Waals surface area contributed by atoms with Crippen molar-refractivity contribution in [1.29, 1.82) is 0 Å². The lowest BCUT2D eigenvalue weighted by Crippen LogP contribution is -2.36. The quantitative estimate of drug-likeness (QED) is 0.414. The van der Waals surface area contributed by atoms with Gasteiger partial charge in [-0.1, -0.05) is 30.4 Å². The average Bonchev–Trinajstić information content (AvgIpc) is 3.32. The van der Waals surface area contributed by atoms with Crippen LogP contribution >= 0.6 is 0 Å². The molecule has 1 aromatic carbocycles. The van der Waals surface area contributed by atoms with Gasteiger partial charge in [-0.15, -0.1) is 0 Å². The van der Waals surface area contributed by atoms with Gasteiger partial charge in [-0.2, -0.15) is 0 Å². The molecule has 2 aliphatic carbocycles. The van der Waals surface area contributed by atoms with E-state index >= 15 is 0 Å². The van der Waals surface area contributed by atoms with Crippen LogP contribution in [0.25, 0.3) is 0 Å². The number of piperidine rings is 1. The van der Waals surface area contributed by atoms with Gasteiger partial charge < -0.3 is 24.6 Å². The van der Waals surface area contributed by atoms with Crippen LogP contribution in [0.5, 0.6) is 5.75 Å². The maximum atomic E-state index is 12.3. The molecule has 4 rings (SSSR count). The number of rotatable bonds is 10. The number of benzene rings is 1. The minimum Gasteiger partial charge on any atom is -0.491 e. The Morgan fingerprint density at radius 1 is 1.18 bits per heavy atom. The highest BCUT2D eigenvalue weighted by atomic mass is 16.5. The van der Waals surface area contributed by atoms with E-state index in [9.17, 15) is 15.0 Å². The summed E-state index contributed by atoms with van der Waals surface area (Å²) in [5, 5.41) is 21.7. The molecule has 182 valence electrons. The Morgan fingerprint density at radius 2 is 1.97 bits per heavy atom. The number of fused-ring (bicyclic) bond motifs is 1. The van der Waals surface area contributed by atoms with Crippen LogP contribution in [0, 0.1) is 11.8 Å². The number of aliphatic hydroxyl groups is 2. The number of likely N-dealkylation sites (tertiary alicyclic amines) is 1. The molecule has 5 atom stereocenters. The van der Waals surface area contributed by atoms with Crippen molar-refractivity contribution in [3.8, 4) is 5.75 Å². The van der Waals surface area contributed by atoms with E-state index in [0.717, 1.165) is 57.4 Å². The van der Waals surface area contributed by atoms with Crippen LogP contribution < -0.4 is 4.74 Å². The first-order chi connectivity index (χ1) is 16.0. The third-order valence-corrected chi connectivity index (χ3v) is 7.60. The van der Waals surface area contributed by atoms with E-state index in [1.807, 2.05) is 41.3 Å². The largest absolute Gasteiger partial charge is 0.491 e. The first-order valence-corrected chi connectivity index (χ1v) is 12.7. The number of hydrogen-bond acceptors (Lipinski definition) is 5. The Labute approximate surface area is 197 Å². The minimum atomic E-state index is -0.759. The Hall–Kier alpha value is -1.89. The number of amides is 1. The van der Waals surface area contributed by atoms with Gasteiger partial charge in [0.15, 0.2) is 0 Å². The molecular weight excluding hydrogens is 418 g/mol. The molecule has 1 aromatic rings. The van der Waals surface area contributed by atoms with Gasteiger partial charge in [-0.3, -0.25) is 4.79 Å². The number of hydrogen-bond donors (Lipinski definition) is 2. The van der Waals surface area contributed by atoms with Gasteiger partial charge in [0, 0.05) is 38.5 Å². The average molecular weight is 458 g/mol. The molecule has 2 saturated carbocycles. The fraction of sp³-hybridized carbons (Fsp3) is 0.667. The van der Waals surface area contributed by atoms with Crippen molar-refractivity contribution in [2.75, 3.05) is 26.3 Å². The van der Waals surface area contributed by atoms with Crippen molar-refractivity contribution in [3.63, 3.8) is 0 Å². The smallest absolute Gasteiger partial charge is 0.222 e. The van der Waals surface area contributed by atoms with Crippen LogP contribution in [0.15, 0.2) is 42.5 Å². The predicted octanol–water partition coefficient (Wildman–Crippen LogP) is 3.71. The number of aliphatic hydroxyl groups excluding tert-OH is 1. The van der Waals surface area contributed by atoms with Crippen molar-refractivity contribution in [1.82, 2.24) is 4.90 Å². The number of para-hydroxylation sites is 1. The van der Waals surface area contributed by atoms with E-state index in [2.05, 4.69) is 0 Å². The lowest BCUT2D eigenvalue weighted by molar-refractivity contribution is -0.132. The fourth-order valence-electron chi connectivity index (χ4n) is 5.77. The van der Waals surface area contributed by atoms with Gasteiger partial charge in [0.1, 0.15) is 18.5 Å². The van der Waals surface area contributed by atoms with Crippen molar-refractivity contribution < 1.29 is 24.5 Å². The molecule has 1 heterocycles. The number of carbonyl (C=O) groups is 1. The molecule has 0 radical (unpaired) electrons. The van der Waals surface area contributed by atoms with E-state index in [1.54, 1.807) is 6.08 Å². The maximum Gasteiger partial charge on any atom is 0.222 e. The summed E-state index contributed by atoms with van der Waals surface area (Å²) in [6.45, 7) is 2.57. The molecule has 3 fully saturated rings. The van der Waals surface area contributed by atoms with E-state index in [4.69, 9.17) is 9.47 Å². The molecule has 1 saturated heterocycles. The lowest BCUT2D eigenvalue weighted by Gasteiger charge is -2.28. The standard InChI is InChI=1S/C27H39NO5/c29-23(20-33-24-8-3-1-4-9-24)14-13-21-11-12-22-18-25(19-27(21,22)31)32-17-7-10-26(30)28-15-5-2-6-16-28/h1,3-4,8-9,13-14,21-23,25,29,31H,2,5-7,10-12,15-20H2/t21-,22-,23?,25?,27-/m1/s1. The van der Waals surface area contributed by atoms with Gasteiger partial charge in [0.2, 0.25) is 5.91 Å². The highest BCUT2D eigenvalue weighted by Crippen LogP contribution is 2.52. The Kier molecular flexibility index (Phi) is 8.45. The topological polar surface area (TPSA) is 79.2 Å². The zero-order valence-electron chi connectivity index (χ0n) is 19.6. The summed E-state index contributed by atoms with van der Waals surface area (Å²) < 4.78 is 11.7. The van der Waals surface area contributed by atoms with E-state index < -0.39 is 11.7 Å². The molecule has 0 bridgehead atoms. The van der Waals surface area contributed by atoms with Crippen molar-refractivity contribution in [2.24, 2.45) is 11.8 Å². The first-order valence-electron chi connectivity index (χ1n) is 12.7. The number of nitrogens with zero attached hydrogens (tertiary/aromatic N) is 1. The maximum absolute atomic E-state index is 12.3. The summed E-state index contributed by atoms with van der Waals surface area (Å²) in [5.74, 6) is 1.26. The Bertz CT molecular complexity index is 778. The molecule has 6 nitrogen and oxygen atoms in total. The Morgan fingerprint density at radius 3 is 2.76 bits per heavy atom. The minimum absolute atomic E-state index is 0.0307. The third-order valence-electron chi connectivity index (χ3n) is 7.60. The first kappa shape index (κ1) is 24.2. The van der Waals surface area contributed by atoms with Crippen molar-refractivity contribution in [2.45, 2.75) is 75.6 Å². The molecule has 3 aliphatic rings. The molecular formula is C27H39NO5. The van der Waals surface area contributed by atoms with Gasteiger partial charge in [0.05, 0.1) is 11.7 Å². The van der Waals surface area contributed by atoms with Crippen molar-refractivity contribution >= 4 is 5.91 Å². The normalized spacial score (nSPS) is 30.5. The van der Waals surface area contributed by atoms with Crippen LogP contribution in [0.4, 0.5) is 0 Å². The predicted molar refractivity (Wildman–Crippen MR) is 127 cm³/mol. The molecule has 0 aromatic heterocycles. The molecule has 33 heavy (non-hydrogen) atoms. The van der Waals surface area contributed by atoms with Gasteiger partial charge >= 0.3 is 0 Å². The summed E-state index contributed by atoms with van der Waals surface area (Å²) in [4.78, 5) is 14.3. The summed E-state index contributed by atoms with van der Waals surface area (Å²) >= 11 is 0. The highest BCUT2D eigenvalue weighted by Gasteiger charge is 2.54. The summed E-state index contributed by atoms with van der Waals surface area (Å²) in [6.07, 6.45) is 11.3. The van der Waals surface area contributed by atoms with Crippen LogP contribution in [0.1, 0.15) is 57.8 Å².